The number of rotatable bonds is 27. The summed E-state index contributed by atoms with van der Waals surface area (Å²) in [5, 5.41) is 65.7. The molecule has 16 fully saturated rings. The van der Waals surface area contributed by atoms with Gasteiger partial charge in [0.25, 0.3) is 0 Å². The number of aliphatic hydroxyl groups is 7. The minimum absolute atomic E-state index is 0.000885. The third-order valence-corrected chi connectivity index (χ3v) is 35.5. The van der Waals surface area contributed by atoms with Gasteiger partial charge >= 0.3 is 0 Å². The number of hydrogen-bond donors (Lipinski definition) is 11. The lowest BCUT2D eigenvalue weighted by molar-refractivity contribution is -0.175. The molecule has 141 heavy (non-hydrogen) atoms. The van der Waals surface area contributed by atoms with Crippen molar-refractivity contribution in [2.75, 3.05) is 83.6 Å². The summed E-state index contributed by atoms with van der Waals surface area (Å²) < 4.78 is 0. The van der Waals surface area contributed by atoms with Gasteiger partial charge in [0.05, 0.1) is 118 Å². The molecule has 8 spiro atoms. The van der Waals surface area contributed by atoms with Crippen LogP contribution in [0.5, 0.6) is 0 Å². The Hall–Kier alpha value is -7.52. The predicted octanol–water partition coefficient (Wildman–Crippen LogP) is 6.15. The van der Waals surface area contributed by atoms with Gasteiger partial charge in [0.15, 0.2) is 40.5 Å². The van der Waals surface area contributed by atoms with Crippen LogP contribution in [0.2, 0.25) is 0 Å². The van der Waals surface area contributed by atoms with Crippen LogP contribution in [0.15, 0.2) is 0 Å². The second kappa shape index (κ2) is 49.3. The fraction of sp³-hybridized carbons (Fsp3) is 0.827. The Morgan fingerprint density at radius 1 is 0.305 bits per heavy atom. The van der Waals surface area contributed by atoms with Crippen molar-refractivity contribution in [3.8, 4) is 0 Å². The number of thiol groups is 2. The van der Waals surface area contributed by atoms with Gasteiger partial charge in [-0.25, -0.2) is 0 Å². The van der Waals surface area contributed by atoms with E-state index in [2.05, 4.69) is 53.0 Å². The summed E-state index contributed by atoms with van der Waals surface area (Å²) in [5.41, 5.74) is 8.25. The van der Waals surface area contributed by atoms with Gasteiger partial charge in [0.2, 0.25) is 59.1 Å². The Bertz CT molecular complexity index is 4160. The number of nitrogens with two attached hydrogens (primary N) is 2. The summed E-state index contributed by atoms with van der Waals surface area (Å²) in [5.74, 6) is 2.92. The number of aliphatic hydroxyl groups excluding tert-OH is 7. The number of ketones is 8. The van der Waals surface area contributed by atoms with Gasteiger partial charge in [-0.15, -0.1) is 0 Å². The molecule has 16 aliphatic rings. The van der Waals surface area contributed by atoms with Crippen molar-refractivity contribution in [2.24, 2.45) is 78.5 Å². The molecular weight excluding hydrogens is 1850 g/mol. The monoisotopic (exact) mass is 2020 g/mol. The highest BCUT2D eigenvalue weighted by molar-refractivity contribution is 7.80. The highest BCUT2D eigenvalue weighted by Crippen LogP contribution is 2.55. The minimum Gasteiger partial charge on any atom is -0.394 e. The maximum Gasteiger partial charge on any atom is 0.231 e. The van der Waals surface area contributed by atoms with Crippen LogP contribution in [0.25, 0.3) is 0 Å². The largest absolute Gasteiger partial charge is 0.394 e. The lowest BCUT2D eigenvalue weighted by Crippen LogP contribution is -2.68. The van der Waals surface area contributed by atoms with Crippen LogP contribution in [0.4, 0.5) is 0 Å². The molecular formula is C104H166N10O25S2. The molecule has 7 unspecified atom stereocenters. The van der Waals surface area contributed by atoms with Crippen molar-refractivity contribution in [3.63, 3.8) is 0 Å². The molecule has 794 valence electrons. The van der Waals surface area contributed by atoms with Crippen LogP contribution >= 0.6 is 25.3 Å². The Labute approximate surface area is 843 Å². The van der Waals surface area contributed by atoms with Crippen molar-refractivity contribution in [2.45, 2.75) is 394 Å². The molecule has 8 aliphatic heterocycles. The Balaban J connectivity index is 0.000000180. The number of primary amides is 2. The second-order valence-electron chi connectivity index (χ2n) is 45.6. The molecule has 35 nitrogen and oxygen atoms in total. The van der Waals surface area contributed by atoms with Gasteiger partial charge in [-0.1, -0.05) is 27.7 Å². The van der Waals surface area contributed by atoms with E-state index in [0.717, 1.165) is 154 Å². The Morgan fingerprint density at radius 2 is 0.496 bits per heavy atom. The van der Waals surface area contributed by atoms with Crippen LogP contribution in [0, 0.1) is 67.0 Å². The zero-order valence-electron chi connectivity index (χ0n) is 86.0. The molecule has 16 rings (SSSR count). The molecule has 11 N–H and O–H groups in total. The average Bonchev–Trinajstić information content (AvgIpc) is 0.727. The molecule has 10 amide bonds. The highest BCUT2D eigenvalue weighted by atomic mass is 32.1. The van der Waals surface area contributed by atoms with Crippen molar-refractivity contribution in [1.29, 1.82) is 0 Å². The molecule has 0 aromatic heterocycles. The van der Waals surface area contributed by atoms with E-state index >= 15 is 0 Å². The zero-order valence-corrected chi connectivity index (χ0v) is 87.8. The molecule has 8 aliphatic carbocycles. The van der Waals surface area contributed by atoms with Crippen molar-refractivity contribution < 1.29 is 122 Å². The smallest absolute Gasteiger partial charge is 0.231 e. The van der Waals surface area contributed by atoms with Crippen LogP contribution in [0.3, 0.4) is 0 Å². The molecule has 0 aromatic rings. The molecule has 8 saturated carbocycles. The van der Waals surface area contributed by atoms with E-state index in [9.17, 15) is 112 Å². The van der Waals surface area contributed by atoms with Gasteiger partial charge in [0, 0.05) is 76.7 Å². The molecule has 8 saturated heterocycles. The van der Waals surface area contributed by atoms with E-state index in [-0.39, 0.29) is 206 Å². The number of nitrogens with zero attached hydrogens (tertiary/aromatic N) is 8. The zero-order chi connectivity index (χ0) is 105. The van der Waals surface area contributed by atoms with Gasteiger partial charge < -0.3 is 86.4 Å². The standard InChI is InChI=1S/C15H24N2O3.C14H22N2O4.C14H23NO3.C13H21NO3.C13H21NO2S.C12H19NO4.C12H19NO3S.C11H17NO3/c1-10-5-7-15(8-6-10)9-17(14(15)20)12(11(2)18)3-4-13(16)19;1-9(17)11(2-3-12(15)19)16-8-14(13(16)20)6-4-10(18)5-7-14;1-9-4-6-14(7-5-9)8-15(13(14)18)12(10(2)16)11(3)17;1-9-3-5-13(6-4-9)8-14(12(13)17)11(7-15)10(2)16;1-9-3-5-13(6-4-9)8-14(12(13)16)11(7-17)10(2)15;1-8(15)10(6-14)13-7-12(11(13)17)4-2-9(16)3-5-12;1-8(14)10(6-17)13-7-12(11(13)16)4-2-9(15)3-5-12;1-8(13)6-12-7-11(10(12)15)4-2-9(14)3-5-11/h10,12H,3-9H2,1-2H3,(H2,16,19);10-11,18H,2-8H2,1H3,(H2,15,19);9-10,12,16H,4-8H2,1-3H3;9,11,15H,3-8H2,1-2H3;9,11,17H,3-8H2,1-2H3;9-10,14,16H,2-7H2,1H3;9-10,15,17H,2-7H2,1H3;9,14H,2-7H2,1H3/t;;9?,10-,12?,14?;;;;;/m..1...../s1. The summed E-state index contributed by atoms with van der Waals surface area (Å²) in [4.78, 5) is 224. The molecule has 8 atom stereocenters. The van der Waals surface area contributed by atoms with Gasteiger partial charge in [-0.05, 0) is 304 Å². The molecule has 37 heteroatoms. The number of amides is 10. The number of carbonyl (C=O) groups is 18. The Kier molecular flexibility index (Phi) is 40.9. The third kappa shape index (κ3) is 26.7. The predicted molar refractivity (Wildman–Crippen MR) is 529 cm³/mol. The fourth-order valence-electron chi connectivity index (χ4n) is 24.8. The van der Waals surface area contributed by atoms with E-state index in [0.29, 0.717) is 152 Å². The number of β-lactam (4-membered cyclic amide) rings is 8. The van der Waals surface area contributed by atoms with E-state index in [1.165, 1.54) is 53.4 Å². The maximum absolute atomic E-state index is 12.5. The van der Waals surface area contributed by atoms with E-state index in [1.54, 1.807) is 48.1 Å². The van der Waals surface area contributed by atoms with Crippen molar-refractivity contribution in [1.82, 2.24) is 39.2 Å². The van der Waals surface area contributed by atoms with E-state index in [1.807, 2.05) is 0 Å². The second-order valence-corrected chi connectivity index (χ2v) is 46.3. The maximum atomic E-state index is 12.5. The lowest BCUT2D eigenvalue weighted by Gasteiger charge is -2.54. The average molecular weight is 2020 g/mol. The quantitative estimate of drug-likeness (QED) is 0.0324. The van der Waals surface area contributed by atoms with Gasteiger partial charge in [-0.2, -0.15) is 25.3 Å². The first-order valence-corrected chi connectivity index (χ1v) is 53.3. The summed E-state index contributed by atoms with van der Waals surface area (Å²) in [6.07, 6.45) is 26.8. The molecule has 0 bridgehead atoms. The summed E-state index contributed by atoms with van der Waals surface area (Å²) in [6, 6.07) is -3.64. The normalized spacial score (nSPS) is 33.8. The van der Waals surface area contributed by atoms with Crippen molar-refractivity contribution >= 4 is 131 Å². The summed E-state index contributed by atoms with van der Waals surface area (Å²) >= 11 is 8.31. The van der Waals surface area contributed by atoms with Crippen LogP contribution in [-0.2, 0) is 86.3 Å². The SMILES string of the molecule is CC(=O)C(CCC(N)=O)N1CC2(CCC(C)CC2)C1=O.CC(=O)C(CCC(N)=O)N1CC2(CCC(O)CC2)C1=O.CC(=O)C(CO)N1CC2(CCC(C)CC2)C1=O.CC(=O)C(CO)N1CC2(CCC(O)CC2)C1=O.CC(=O)C(CS)N1CC2(CCC(C)CC2)C1=O.CC(=O)C(CS)N1CC2(CCC(O)CC2)C1=O.CC(=O)C([C@@H](C)O)N1CC2(CCC(C)CC2)C1=O.CC(=O)CN1CC2(CCC(O)CC2)C1=O. The Morgan fingerprint density at radius 3 is 0.660 bits per heavy atom. The topological polar surface area (TPSA) is 527 Å². The van der Waals surface area contributed by atoms with Gasteiger partial charge in [-0.3, -0.25) is 86.3 Å². The first-order valence-electron chi connectivity index (χ1n) is 52.0. The van der Waals surface area contributed by atoms with E-state index in [4.69, 9.17) is 21.7 Å². The highest BCUT2D eigenvalue weighted by Gasteiger charge is 2.63. The summed E-state index contributed by atoms with van der Waals surface area (Å²) in [6.45, 7) is 27.1. The molecule has 0 aromatic carbocycles. The van der Waals surface area contributed by atoms with Crippen molar-refractivity contribution in [3.05, 3.63) is 0 Å². The van der Waals surface area contributed by atoms with Crippen LogP contribution in [-0.4, -0.2) is 337 Å². The summed E-state index contributed by atoms with van der Waals surface area (Å²) in [7, 11) is 0. The lowest BCUT2D eigenvalue weighted by atomic mass is 9.65. The number of Topliss-reactive ketones (excluding diaryl/α,β-unsaturated/α-hetero) is 8. The fourth-order valence-corrected chi connectivity index (χ4v) is 25.7. The number of carbonyl (C=O) groups excluding carboxylic acids is 18. The van der Waals surface area contributed by atoms with Crippen LogP contribution < -0.4 is 11.5 Å². The first kappa shape index (κ1) is 117. The van der Waals surface area contributed by atoms with E-state index < -0.39 is 48.1 Å². The first-order chi connectivity index (χ1) is 66.1. The minimum atomic E-state index is -0.786. The number of hydrogen-bond acceptors (Lipinski definition) is 27. The van der Waals surface area contributed by atoms with Gasteiger partial charge in [0.1, 0.15) is 23.9 Å². The molecule has 0 radical (unpaired) electrons. The molecule has 8 heterocycles. The third-order valence-electron chi connectivity index (χ3n) is 34.8. The van der Waals surface area contributed by atoms with Crippen LogP contribution in [0.1, 0.15) is 321 Å². The number of likely N-dealkylation sites (tertiary alicyclic amines) is 8.